The highest BCUT2D eigenvalue weighted by molar-refractivity contribution is 5.35. The Bertz CT molecular complexity index is 529. The van der Waals surface area contributed by atoms with Crippen LogP contribution in [-0.2, 0) is 6.42 Å². The normalized spacial score (nSPS) is 12.2. The van der Waals surface area contributed by atoms with E-state index in [0.29, 0.717) is 6.04 Å². The molecule has 2 heteroatoms. The molecular weight excluding hydrogens is 246 g/mol. The lowest BCUT2D eigenvalue weighted by molar-refractivity contribution is 0.481. The van der Waals surface area contributed by atoms with Crippen molar-refractivity contribution in [2.75, 3.05) is 7.05 Å². The van der Waals surface area contributed by atoms with E-state index in [0.717, 1.165) is 24.3 Å². The molecule has 1 N–H and O–H groups in total. The van der Waals surface area contributed by atoms with E-state index in [-0.39, 0.29) is 0 Å². The number of aryl methyl sites for hydroxylation is 1. The Kier molecular flexibility index (Phi) is 5.19. The summed E-state index contributed by atoms with van der Waals surface area (Å²) in [5.41, 5.74) is 2.59. The molecule has 0 bridgehead atoms. The first-order chi connectivity index (χ1) is 9.76. The third-order valence-electron chi connectivity index (χ3n) is 3.58. The van der Waals surface area contributed by atoms with Gasteiger partial charge in [-0.25, -0.2) is 0 Å². The summed E-state index contributed by atoms with van der Waals surface area (Å²) in [6.45, 7) is 4.33. The number of rotatable bonds is 6. The van der Waals surface area contributed by atoms with Crippen LogP contribution in [0.5, 0.6) is 11.5 Å². The summed E-state index contributed by atoms with van der Waals surface area (Å²) in [7, 11) is 1.99. The van der Waals surface area contributed by atoms with Gasteiger partial charge in [0, 0.05) is 6.04 Å². The average Bonchev–Trinajstić information content (AvgIpc) is 2.50. The van der Waals surface area contributed by atoms with Gasteiger partial charge in [0.1, 0.15) is 11.5 Å². The molecule has 20 heavy (non-hydrogen) atoms. The van der Waals surface area contributed by atoms with Crippen LogP contribution in [0, 0.1) is 0 Å². The largest absolute Gasteiger partial charge is 0.457 e. The fourth-order valence-electron chi connectivity index (χ4n) is 2.34. The van der Waals surface area contributed by atoms with Crippen LogP contribution < -0.4 is 10.1 Å². The fourth-order valence-corrected chi connectivity index (χ4v) is 2.34. The molecule has 0 aliphatic rings. The Balaban J connectivity index is 2.10. The third kappa shape index (κ3) is 3.61. The Morgan fingerprint density at radius 3 is 2.35 bits per heavy atom. The standard InChI is InChI=1S/C18H23NO/c1-4-14-7-6-8-17(13-14)20-16-11-9-15(10-12-16)18(5-2)19-3/h6-13,18-19H,4-5H2,1-3H3. The van der Waals surface area contributed by atoms with Gasteiger partial charge in [-0.3, -0.25) is 0 Å². The highest BCUT2D eigenvalue weighted by atomic mass is 16.5. The lowest BCUT2D eigenvalue weighted by Gasteiger charge is -2.15. The zero-order valence-electron chi connectivity index (χ0n) is 12.5. The van der Waals surface area contributed by atoms with Crippen molar-refractivity contribution in [2.45, 2.75) is 32.7 Å². The smallest absolute Gasteiger partial charge is 0.127 e. The van der Waals surface area contributed by atoms with E-state index in [2.05, 4.69) is 43.4 Å². The highest BCUT2D eigenvalue weighted by Crippen LogP contribution is 2.25. The second-order valence-corrected chi connectivity index (χ2v) is 4.92. The molecule has 0 aliphatic heterocycles. The van der Waals surface area contributed by atoms with Crippen LogP contribution in [0.4, 0.5) is 0 Å². The zero-order chi connectivity index (χ0) is 14.4. The summed E-state index contributed by atoms with van der Waals surface area (Å²) in [5.74, 6) is 1.78. The Labute approximate surface area is 121 Å². The summed E-state index contributed by atoms with van der Waals surface area (Å²) in [4.78, 5) is 0. The lowest BCUT2D eigenvalue weighted by atomic mass is 10.0. The number of benzene rings is 2. The number of hydrogen-bond donors (Lipinski definition) is 1. The van der Waals surface area contributed by atoms with Crippen LogP contribution in [0.25, 0.3) is 0 Å². The third-order valence-corrected chi connectivity index (χ3v) is 3.58. The van der Waals surface area contributed by atoms with Gasteiger partial charge in [0.05, 0.1) is 0 Å². The van der Waals surface area contributed by atoms with E-state index in [1.165, 1.54) is 11.1 Å². The Morgan fingerprint density at radius 1 is 1.00 bits per heavy atom. The minimum absolute atomic E-state index is 0.410. The Hall–Kier alpha value is -1.80. The van der Waals surface area contributed by atoms with Crippen molar-refractivity contribution < 1.29 is 4.74 Å². The zero-order valence-corrected chi connectivity index (χ0v) is 12.5. The first-order valence-electron chi connectivity index (χ1n) is 7.30. The van der Waals surface area contributed by atoms with Crippen LogP contribution in [0.3, 0.4) is 0 Å². The van der Waals surface area contributed by atoms with Gasteiger partial charge in [-0.2, -0.15) is 0 Å². The molecule has 0 heterocycles. The van der Waals surface area contributed by atoms with Gasteiger partial charge < -0.3 is 10.1 Å². The molecule has 0 fully saturated rings. The number of nitrogens with one attached hydrogen (secondary N) is 1. The van der Waals surface area contributed by atoms with E-state index in [9.17, 15) is 0 Å². The SMILES string of the molecule is CCc1cccc(Oc2ccc(C(CC)NC)cc2)c1. The molecule has 106 valence electrons. The summed E-state index contributed by atoms with van der Waals surface area (Å²) in [5, 5.41) is 3.31. The van der Waals surface area contributed by atoms with Crippen molar-refractivity contribution in [1.29, 1.82) is 0 Å². The van der Waals surface area contributed by atoms with E-state index in [1.54, 1.807) is 0 Å². The predicted octanol–water partition coefficient (Wildman–Crippen LogP) is 4.71. The van der Waals surface area contributed by atoms with Gasteiger partial charge in [-0.1, -0.05) is 38.1 Å². The molecule has 2 aromatic rings. The molecule has 1 unspecified atom stereocenters. The molecule has 2 nitrogen and oxygen atoms in total. The average molecular weight is 269 g/mol. The first kappa shape index (κ1) is 14.6. The second kappa shape index (κ2) is 7.11. The molecule has 0 aromatic heterocycles. The van der Waals surface area contributed by atoms with Gasteiger partial charge in [0.2, 0.25) is 0 Å². The number of ether oxygens (including phenoxy) is 1. The molecule has 0 aliphatic carbocycles. The van der Waals surface area contributed by atoms with E-state index in [1.807, 2.05) is 31.3 Å². The van der Waals surface area contributed by atoms with Crippen molar-refractivity contribution in [3.8, 4) is 11.5 Å². The van der Waals surface area contributed by atoms with Crippen LogP contribution in [0.1, 0.15) is 37.4 Å². The maximum Gasteiger partial charge on any atom is 0.127 e. The van der Waals surface area contributed by atoms with Gasteiger partial charge in [-0.05, 0) is 55.3 Å². The summed E-state index contributed by atoms with van der Waals surface area (Å²) in [6.07, 6.45) is 2.10. The Morgan fingerprint density at radius 2 is 1.75 bits per heavy atom. The van der Waals surface area contributed by atoms with Crippen molar-refractivity contribution in [3.63, 3.8) is 0 Å². The van der Waals surface area contributed by atoms with Crippen molar-refractivity contribution in [3.05, 3.63) is 59.7 Å². The summed E-state index contributed by atoms with van der Waals surface area (Å²) < 4.78 is 5.90. The van der Waals surface area contributed by atoms with Crippen LogP contribution in [0.2, 0.25) is 0 Å². The van der Waals surface area contributed by atoms with Crippen LogP contribution in [-0.4, -0.2) is 7.05 Å². The first-order valence-corrected chi connectivity index (χ1v) is 7.30. The maximum atomic E-state index is 5.90. The quantitative estimate of drug-likeness (QED) is 0.820. The van der Waals surface area contributed by atoms with Gasteiger partial charge in [0.15, 0.2) is 0 Å². The van der Waals surface area contributed by atoms with Gasteiger partial charge in [-0.15, -0.1) is 0 Å². The van der Waals surface area contributed by atoms with E-state index in [4.69, 9.17) is 4.74 Å². The monoisotopic (exact) mass is 269 g/mol. The molecule has 0 radical (unpaired) electrons. The minimum Gasteiger partial charge on any atom is -0.457 e. The molecule has 1 atom stereocenters. The second-order valence-electron chi connectivity index (χ2n) is 4.92. The molecule has 0 spiro atoms. The van der Waals surface area contributed by atoms with E-state index < -0.39 is 0 Å². The van der Waals surface area contributed by atoms with Gasteiger partial charge >= 0.3 is 0 Å². The number of hydrogen-bond acceptors (Lipinski definition) is 2. The summed E-state index contributed by atoms with van der Waals surface area (Å²) >= 11 is 0. The van der Waals surface area contributed by atoms with Crippen molar-refractivity contribution >= 4 is 0 Å². The molecule has 2 aromatic carbocycles. The minimum atomic E-state index is 0.410. The van der Waals surface area contributed by atoms with Crippen molar-refractivity contribution in [1.82, 2.24) is 5.32 Å². The highest BCUT2D eigenvalue weighted by Gasteiger charge is 2.06. The van der Waals surface area contributed by atoms with Gasteiger partial charge in [0.25, 0.3) is 0 Å². The lowest BCUT2D eigenvalue weighted by Crippen LogP contribution is -2.14. The van der Waals surface area contributed by atoms with E-state index >= 15 is 0 Å². The summed E-state index contributed by atoms with van der Waals surface area (Å²) in [6, 6.07) is 17.0. The topological polar surface area (TPSA) is 21.3 Å². The molecular formula is C18H23NO. The maximum absolute atomic E-state index is 5.90. The molecule has 2 rings (SSSR count). The molecule has 0 saturated heterocycles. The molecule has 0 saturated carbocycles. The molecule has 0 amide bonds. The fraction of sp³-hybridized carbons (Fsp3) is 0.333. The predicted molar refractivity (Wildman–Crippen MR) is 84.4 cm³/mol. The van der Waals surface area contributed by atoms with Crippen LogP contribution >= 0.6 is 0 Å². The van der Waals surface area contributed by atoms with Crippen LogP contribution in [0.15, 0.2) is 48.5 Å². The van der Waals surface area contributed by atoms with Crippen molar-refractivity contribution in [2.24, 2.45) is 0 Å².